The molecule has 0 atom stereocenters. The molecule has 0 radical (unpaired) electrons. The number of nitrogens with zero attached hydrogens (tertiary/aromatic N) is 1. The molecule has 0 saturated carbocycles. The third-order valence-electron chi connectivity index (χ3n) is 1.47. The van der Waals surface area contributed by atoms with Gasteiger partial charge in [-0.15, -0.1) is 0 Å². The molecule has 5 heteroatoms. The Morgan fingerprint density at radius 3 is 2.92 bits per heavy atom. The maximum atomic E-state index is 9.04. The normalized spacial score (nSPS) is 10.2. The maximum absolute atomic E-state index is 9.04. The number of aromatic nitrogens is 1. The smallest absolute Gasteiger partial charge is 0.220 e. The minimum absolute atomic E-state index is 0.149. The highest BCUT2D eigenvalue weighted by atomic mass is 79.9. The lowest BCUT2D eigenvalue weighted by Gasteiger charge is -2.09. The fourth-order valence-corrected chi connectivity index (χ4v) is 1.45. The molecule has 1 N–H and O–H groups in total. The summed E-state index contributed by atoms with van der Waals surface area (Å²) in [7, 11) is 0. The Hall–Kier alpha value is -0.320. The molecule has 0 saturated heterocycles. The molecule has 3 nitrogen and oxygen atoms in total. The molecular formula is C8H9BrClNO2. The van der Waals surface area contributed by atoms with E-state index in [9.17, 15) is 0 Å². The van der Waals surface area contributed by atoms with Gasteiger partial charge < -0.3 is 9.84 Å². The van der Waals surface area contributed by atoms with Crippen LogP contribution in [0.25, 0.3) is 0 Å². The van der Waals surface area contributed by atoms with Gasteiger partial charge in [0, 0.05) is 4.47 Å². The molecule has 1 aromatic heterocycles. The Balaban J connectivity index is 3.13. The van der Waals surface area contributed by atoms with Crippen LogP contribution in [0.5, 0.6) is 5.88 Å². The minimum atomic E-state index is -0.149. The molecule has 0 unspecified atom stereocenters. The summed E-state index contributed by atoms with van der Waals surface area (Å²) in [6.07, 6.45) is 1.48. The van der Waals surface area contributed by atoms with Crippen LogP contribution in [0.2, 0.25) is 5.02 Å². The molecule has 0 fully saturated rings. The van der Waals surface area contributed by atoms with Crippen LogP contribution in [0, 0.1) is 0 Å². The molecule has 0 aliphatic carbocycles. The van der Waals surface area contributed by atoms with Crippen molar-refractivity contribution >= 4 is 27.5 Å². The summed E-state index contributed by atoms with van der Waals surface area (Å²) in [6, 6.07) is 0. The van der Waals surface area contributed by atoms with E-state index in [4.69, 9.17) is 21.4 Å². The van der Waals surface area contributed by atoms with Crippen LogP contribution in [0.1, 0.15) is 12.5 Å². The van der Waals surface area contributed by atoms with Crippen molar-refractivity contribution in [2.45, 2.75) is 13.5 Å². The van der Waals surface area contributed by atoms with Crippen LogP contribution in [-0.4, -0.2) is 16.7 Å². The first kappa shape index (κ1) is 10.8. The van der Waals surface area contributed by atoms with E-state index in [0.717, 1.165) is 0 Å². The molecule has 0 spiro atoms. The highest BCUT2D eigenvalue weighted by molar-refractivity contribution is 9.10. The fraction of sp³-hybridized carbons (Fsp3) is 0.375. The second-order valence-electron chi connectivity index (χ2n) is 2.29. The number of hydrogen-bond donors (Lipinski definition) is 1. The van der Waals surface area contributed by atoms with Crippen LogP contribution in [-0.2, 0) is 6.61 Å². The second-order valence-corrected chi connectivity index (χ2v) is 3.50. The van der Waals surface area contributed by atoms with Crippen molar-refractivity contribution in [3.05, 3.63) is 21.3 Å². The van der Waals surface area contributed by atoms with Gasteiger partial charge in [0.25, 0.3) is 0 Å². The highest BCUT2D eigenvalue weighted by Crippen LogP contribution is 2.31. The van der Waals surface area contributed by atoms with Crippen molar-refractivity contribution in [2.24, 2.45) is 0 Å². The maximum Gasteiger partial charge on any atom is 0.220 e. The van der Waals surface area contributed by atoms with Gasteiger partial charge in [0.15, 0.2) is 0 Å². The lowest BCUT2D eigenvalue weighted by atomic mass is 10.3. The minimum Gasteiger partial charge on any atom is -0.478 e. The van der Waals surface area contributed by atoms with Crippen LogP contribution < -0.4 is 4.74 Å². The molecule has 1 heterocycles. The molecular weight excluding hydrogens is 257 g/mol. The van der Waals surface area contributed by atoms with Crippen molar-refractivity contribution in [2.75, 3.05) is 6.61 Å². The highest BCUT2D eigenvalue weighted by Gasteiger charge is 2.11. The third kappa shape index (κ3) is 2.33. The number of pyridine rings is 1. The van der Waals surface area contributed by atoms with E-state index in [2.05, 4.69) is 20.9 Å². The summed E-state index contributed by atoms with van der Waals surface area (Å²) in [4.78, 5) is 3.96. The van der Waals surface area contributed by atoms with E-state index in [1.54, 1.807) is 0 Å². The predicted molar refractivity (Wildman–Crippen MR) is 54.0 cm³/mol. The van der Waals surface area contributed by atoms with Crippen LogP contribution in [0.15, 0.2) is 10.7 Å². The average molecular weight is 267 g/mol. The van der Waals surface area contributed by atoms with Gasteiger partial charge in [-0.05, 0) is 22.9 Å². The zero-order valence-corrected chi connectivity index (χ0v) is 9.39. The molecule has 0 amide bonds. The topological polar surface area (TPSA) is 42.4 Å². The molecule has 0 aromatic carbocycles. The van der Waals surface area contributed by atoms with Crippen molar-refractivity contribution in [3.8, 4) is 5.88 Å². The first-order valence-corrected chi connectivity index (χ1v) is 4.94. The number of rotatable bonds is 3. The van der Waals surface area contributed by atoms with Gasteiger partial charge >= 0.3 is 0 Å². The summed E-state index contributed by atoms with van der Waals surface area (Å²) < 4.78 is 5.84. The Bertz CT molecular complexity index is 306. The van der Waals surface area contributed by atoms with Crippen LogP contribution in [0.3, 0.4) is 0 Å². The zero-order valence-electron chi connectivity index (χ0n) is 7.05. The van der Waals surface area contributed by atoms with E-state index in [-0.39, 0.29) is 6.61 Å². The summed E-state index contributed by atoms with van der Waals surface area (Å²) in [5, 5.41) is 9.51. The Labute approximate surface area is 89.8 Å². The van der Waals surface area contributed by atoms with Gasteiger partial charge in [-0.1, -0.05) is 11.6 Å². The molecule has 13 heavy (non-hydrogen) atoms. The quantitative estimate of drug-likeness (QED) is 0.913. The van der Waals surface area contributed by atoms with Gasteiger partial charge in [0.05, 0.1) is 30.0 Å². The van der Waals surface area contributed by atoms with E-state index in [1.807, 2.05) is 6.92 Å². The predicted octanol–water partition coefficient (Wildman–Crippen LogP) is 2.39. The SMILES string of the molecule is CCOc1ncc(Cl)c(Br)c1CO. The summed E-state index contributed by atoms with van der Waals surface area (Å²) in [5.74, 6) is 0.418. The van der Waals surface area contributed by atoms with Crippen LogP contribution >= 0.6 is 27.5 Å². The number of aliphatic hydroxyl groups excluding tert-OH is 1. The molecule has 72 valence electrons. The lowest BCUT2D eigenvalue weighted by molar-refractivity contribution is 0.262. The lowest BCUT2D eigenvalue weighted by Crippen LogP contribution is -2.00. The molecule has 0 bridgehead atoms. The van der Waals surface area contributed by atoms with Crippen molar-refractivity contribution in [1.29, 1.82) is 0 Å². The summed E-state index contributed by atoms with van der Waals surface area (Å²) in [5.41, 5.74) is 0.578. The zero-order chi connectivity index (χ0) is 9.84. The number of halogens is 2. The van der Waals surface area contributed by atoms with Crippen LogP contribution in [0.4, 0.5) is 0 Å². The van der Waals surface area contributed by atoms with Crippen molar-refractivity contribution in [1.82, 2.24) is 4.98 Å². The first-order valence-electron chi connectivity index (χ1n) is 3.77. The second kappa shape index (κ2) is 4.79. The molecule has 0 aliphatic heterocycles. The fourth-order valence-electron chi connectivity index (χ4n) is 0.886. The Kier molecular flexibility index (Phi) is 3.96. The number of aliphatic hydroxyl groups is 1. The largest absolute Gasteiger partial charge is 0.478 e. The molecule has 0 aliphatic rings. The number of ether oxygens (including phenoxy) is 1. The van der Waals surface area contributed by atoms with Gasteiger partial charge in [-0.25, -0.2) is 4.98 Å². The van der Waals surface area contributed by atoms with Gasteiger partial charge in [-0.2, -0.15) is 0 Å². The van der Waals surface area contributed by atoms with E-state index < -0.39 is 0 Å². The van der Waals surface area contributed by atoms with Crippen molar-refractivity contribution in [3.63, 3.8) is 0 Å². The molecule has 1 rings (SSSR count). The standard InChI is InChI=1S/C8H9BrClNO2/c1-2-13-8-5(4-12)7(9)6(10)3-11-8/h3,12H,2,4H2,1H3. The first-order chi connectivity index (χ1) is 6.20. The van der Waals surface area contributed by atoms with E-state index >= 15 is 0 Å². The molecule has 1 aromatic rings. The Morgan fingerprint density at radius 1 is 1.69 bits per heavy atom. The van der Waals surface area contributed by atoms with Gasteiger partial charge in [0.1, 0.15) is 0 Å². The third-order valence-corrected chi connectivity index (χ3v) is 2.89. The average Bonchev–Trinajstić information content (AvgIpc) is 2.12. The van der Waals surface area contributed by atoms with E-state index in [1.165, 1.54) is 6.20 Å². The monoisotopic (exact) mass is 265 g/mol. The summed E-state index contributed by atoms with van der Waals surface area (Å²) in [6.45, 7) is 2.21. The number of hydrogen-bond acceptors (Lipinski definition) is 3. The van der Waals surface area contributed by atoms with Gasteiger partial charge in [0.2, 0.25) is 5.88 Å². The summed E-state index contributed by atoms with van der Waals surface area (Å²) >= 11 is 9.04. The van der Waals surface area contributed by atoms with Crippen molar-refractivity contribution < 1.29 is 9.84 Å². The van der Waals surface area contributed by atoms with E-state index in [0.29, 0.717) is 27.5 Å². The Morgan fingerprint density at radius 2 is 2.38 bits per heavy atom. The van der Waals surface area contributed by atoms with Gasteiger partial charge in [-0.3, -0.25) is 0 Å².